The molecule has 1 aromatic rings. The van der Waals surface area contributed by atoms with Crippen LogP contribution in [0.1, 0.15) is 44.7 Å². The Bertz CT molecular complexity index is 324. The molecule has 1 aromatic carbocycles. The van der Waals surface area contributed by atoms with E-state index in [4.69, 9.17) is 10.6 Å². The van der Waals surface area contributed by atoms with Gasteiger partial charge >= 0.3 is 0 Å². The molecule has 0 aromatic heterocycles. The number of hydrogen-bond acceptors (Lipinski definition) is 3. The summed E-state index contributed by atoms with van der Waals surface area (Å²) in [6, 6.07) is 8.22. The Kier molecular flexibility index (Phi) is 6.01. The maximum absolute atomic E-state index is 5.68. The van der Waals surface area contributed by atoms with Crippen LogP contribution in [0.2, 0.25) is 0 Å². The lowest BCUT2D eigenvalue weighted by Gasteiger charge is -2.23. The summed E-state index contributed by atoms with van der Waals surface area (Å²) in [5.74, 6) is 7.28. The Balaban J connectivity index is 2.85. The van der Waals surface area contributed by atoms with Crippen LogP contribution in [0.15, 0.2) is 24.3 Å². The minimum Gasteiger partial charge on any atom is -0.496 e. The molecule has 0 aliphatic heterocycles. The lowest BCUT2D eigenvalue weighted by Crippen LogP contribution is -2.30. The number of hydrogen-bond donors (Lipinski definition) is 2. The molecule has 0 heterocycles. The highest BCUT2D eigenvalue weighted by Crippen LogP contribution is 2.30. The molecule has 0 aliphatic rings. The second-order valence-corrected chi connectivity index (χ2v) is 4.38. The van der Waals surface area contributed by atoms with Crippen LogP contribution in [-0.4, -0.2) is 7.11 Å². The van der Waals surface area contributed by atoms with Crippen molar-refractivity contribution in [3.05, 3.63) is 29.8 Å². The highest BCUT2D eigenvalue weighted by atomic mass is 16.5. The molecule has 1 unspecified atom stereocenters. The van der Waals surface area contributed by atoms with Crippen LogP contribution >= 0.6 is 0 Å². The first kappa shape index (κ1) is 14.0. The van der Waals surface area contributed by atoms with E-state index in [1.54, 1.807) is 7.11 Å². The number of nitrogens with two attached hydrogens (primary N) is 1. The number of methoxy groups -OCH3 is 1. The zero-order valence-corrected chi connectivity index (χ0v) is 11.1. The highest BCUT2D eigenvalue weighted by molar-refractivity contribution is 5.35. The molecule has 1 rings (SSSR count). The Morgan fingerprint density at radius 3 is 2.41 bits per heavy atom. The minimum absolute atomic E-state index is 0.163. The third-order valence-electron chi connectivity index (χ3n) is 3.44. The normalized spacial score (nSPS) is 12.8. The number of para-hydroxylation sites is 1. The van der Waals surface area contributed by atoms with Crippen molar-refractivity contribution < 1.29 is 4.74 Å². The van der Waals surface area contributed by atoms with E-state index >= 15 is 0 Å². The van der Waals surface area contributed by atoms with Gasteiger partial charge in [-0.3, -0.25) is 11.3 Å². The fraction of sp³-hybridized carbons (Fsp3) is 0.571. The largest absolute Gasteiger partial charge is 0.496 e. The Labute approximate surface area is 104 Å². The van der Waals surface area contributed by atoms with Gasteiger partial charge in [0.1, 0.15) is 5.75 Å². The summed E-state index contributed by atoms with van der Waals surface area (Å²) in [5.41, 5.74) is 4.06. The standard InChI is InChI=1S/C14H24N2O/c1-4-11(5-2)10-13(16-15)12-8-6-7-9-14(12)17-3/h6-9,11,13,16H,4-5,10,15H2,1-3H3. The molecule has 0 saturated heterocycles. The van der Waals surface area contributed by atoms with Crippen LogP contribution in [-0.2, 0) is 0 Å². The average Bonchev–Trinajstić information content (AvgIpc) is 2.40. The van der Waals surface area contributed by atoms with E-state index in [0.717, 1.165) is 17.7 Å². The number of ether oxygens (including phenoxy) is 1. The van der Waals surface area contributed by atoms with Crippen molar-refractivity contribution in [1.82, 2.24) is 5.43 Å². The number of rotatable bonds is 7. The predicted octanol–water partition coefficient (Wildman–Crippen LogP) is 3.03. The predicted molar refractivity (Wildman–Crippen MR) is 71.7 cm³/mol. The van der Waals surface area contributed by atoms with Gasteiger partial charge < -0.3 is 4.74 Å². The average molecular weight is 236 g/mol. The van der Waals surface area contributed by atoms with Gasteiger partial charge in [-0.2, -0.15) is 0 Å². The van der Waals surface area contributed by atoms with Gasteiger partial charge in [-0.05, 0) is 18.4 Å². The van der Waals surface area contributed by atoms with E-state index in [1.165, 1.54) is 12.8 Å². The van der Waals surface area contributed by atoms with Gasteiger partial charge in [0.2, 0.25) is 0 Å². The Morgan fingerprint density at radius 2 is 1.88 bits per heavy atom. The monoisotopic (exact) mass is 236 g/mol. The van der Waals surface area contributed by atoms with E-state index in [9.17, 15) is 0 Å². The molecule has 0 radical (unpaired) electrons. The summed E-state index contributed by atoms with van der Waals surface area (Å²) in [6.45, 7) is 4.45. The molecule has 3 heteroatoms. The van der Waals surface area contributed by atoms with Gasteiger partial charge in [-0.25, -0.2) is 0 Å². The summed E-state index contributed by atoms with van der Waals surface area (Å²) in [4.78, 5) is 0. The van der Waals surface area contributed by atoms with Crippen LogP contribution in [0, 0.1) is 5.92 Å². The molecule has 3 nitrogen and oxygen atoms in total. The van der Waals surface area contributed by atoms with Gasteiger partial charge in [0.15, 0.2) is 0 Å². The fourth-order valence-corrected chi connectivity index (χ4v) is 2.19. The Morgan fingerprint density at radius 1 is 1.24 bits per heavy atom. The van der Waals surface area contributed by atoms with Gasteiger partial charge in [0.05, 0.1) is 7.11 Å². The van der Waals surface area contributed by atoms with E-state index in [0.29, 0.717) is 5.92 Å². The van der Waals surface area contributed by atoms with Crippen molar-refractivity contribution in [2.24, 2.45) is 11.8 Å². The molecule has 1 atom stereocenters. The van der Waals surface area contributed by atoms with Crippen molar-refractivity contribution >= 4 is 0 Å². The molecule has 0 saturated carbocycles. The molecular weight excluding hydrogens is 212 g/mol. The zero-order valence-electron chi connectivity index (χ0n) is 11.1. The number of hydrazine groups is 1. The second kappa shape index (κ2) is 7.30. The third-order valence-corrected chi connectivity index (χ3v) is 3.44. The van der Waals surface area contributed by atoms with Crippen LogP contribution < -0.4 is 16.0 Å². The first-order valence-electron chi connectivity index (χ1n) is 6.35. The molecule has 0 bridgehead atoms. The van der Waals surface area contributed by atoms with Crippen LogP contribution in [0.4, 0.5) is 0 Å². The molecule has 3 N–H and O–H groups in total. The van der Waals surface area contributed by atoms with Gasteiger partial charge in [-0.1, -0.05) is 44.9 Å². The first-order valence-corrected chi connectivity index (χ1v) is 6.35. The summed E-state index contributed by atoms with van der Waals surface area (Å²) in [7, 11) is 1.70. The zero-order chi connectivity index (χ0) is 12.7. The summed E-state index contributed by atoms with van der Waals surface area (Å²) in [6.07, 6.45) is 3.41. The topological polar surface area (TPSA) is 47.3 Å². The summed E-state index contributed by atoms with van der Waals surface area (Å²) >= 11 is 0. The Hall–Kier alpha value is -1.06. The van der Waals surface area contributed by atoms with Crippen molar-refractivity contribution in [3.63, 3.8) is 0 Å². The first-order chi connectivity index (χ1) is 8.26. The van der Waals surface area contributed by atoms with Gasteiger partial charge in [-0.15, -0.1) is 0 Å². The molecule has 96 valence electrons. The van der Waals surface area contributed by atoms with E-state index in [1.807, 2.05) is 18.2 Å². The number of nitrogens with one attached hydrogen (secondary N) is 1. The van der Waals surface area contributed by atoms with Crippen LogP contribution in [0.25, 0.3) is 0 Å². The second-order valence-electron chi connectivity index (χ2n) is 4.38. The van der Waals surface area contributed by atoms with E-state index in [-0.39, 0.29) is 6.04 Å². The van der Waals surface area contributed by atoms with Gasteiger partial charge in [0, 0.05) is 11.6 Å². The minimum atomic E-state index is 0.163. The van der Waals surface area contributed by atoms with Crippen molar-refractivity contribution in [2.45, 2.75) is 39.2 Å². The van der Waals surface area contributed by atoms with Crippen LogP contribution in [0.5, 0.6) is 5.75 Å². The van der Waals surface area contributed by atoms with Crippen molar-refractivity contribution in [3.8, 4) is 5.75 Å². The van der Waals surface area contributed by atoms with Crippen LogP contribution in [0.3, 0.4) is 0 Å². The molecular formula is C14H24N2O. The molecule has 17 heavy (non-hydrogen) atoms. The van der Waals surface area contributed by atoms with Gasteiger partial charge in [0.25, 0.3) is 0 Å². The summed E-state index contributed by atoms with van der Waals surface area (Å²) in [5, 5.41) is 0. The van der Waals surface area contributed by atoms with E-state index in [2.05, 4.69) is 25.3 Å². The highest BCUT2D eigenvalue weighted by Gasteiger charge is 2.17. The van der Waals surface area contributed by atoms with Crippen molar-refractivity contribution in [1.29, 1.82) is 0 Å². The smallest absolute Gasteiger partial charge is 0.123 e. The lowest BCUT2D eigenvalue weighted by molar-refractivity contribution is 0.356. The van der Waals surface area contributed by atoms with E-state index < -0.39 is 0 Å². The maximum Gasteiger partial charge on any atom is 0.123 e. The fourth-order valence-electron chi connectivity index (χ4n) is 2.19. The molecule has 0 fully saturated rings. The summed E-state index contributed by atoms with van der Waals surface area (Å²) < 4.78 is 5.38. The molecule has 0 spiro atoms. The SMILES string of the molecule is CCC(CC)CC(NN)c1ccccc1OC. The quantitative estimate of drug-likeness (QED) is 0.565. The number of benzene rings is 1. The molecule has 0 amide bonds. The van der Waals surface area contributed by atoms with Crippen molar-refractivity contribution in [2.75, 3.05) is 7.11 Å². The lowest BCUT2D eigenvalue weighted by atomic mass is 9.91. The molecule has 0 aliphatic carbocycles. The maximum atomic E-state index is 5.68. The third kappa shape index (κ3) is 3.72.